The van der Waals surface area contributed by atoms with Gasteiger partial charge in [0.1, 0.15) is 6.04 Å². The van der Waals surface area contributed by atoms with Crippen LogP contribution in [0.4, 0.5) is 0 Å². The lowest BCUT2D eigenvalue weighted by atomic mass is 9.71. The molecule has 2 aliphatic rings. The summed E-state index contributed by atoms with van der Waals surface area (Å²) in [4.78, 5) is 23.7. The van der Waals surface area contributed by atoms with Crippen molar-refractivity contribution in [2.75, 3.05) is 6.61 Å². The van der Waals surface area contributed by atoms with Crippen molar-refractivity contribution in [1.82, 2.24) is 5.32 Å². The molecule has 0 radical (unpaired) electrons. The number of hydrogen-bond acceptors (Lipinski definition) is 3. The molecule has 0 aromatic rings. The maximum atomic E-state index is 12.0. The summed E-state index contributed by atoms with van der Waals surface area (Å²) in [6, 6.07) is -0.414. The number of carbonyl (C=O) groups is 2. The molecule has 1 N–H and O–H groups in total. The Labute approximate surface area is 108 Å². The van der Waals surface area contributed by atoms with E-state index in [1.807, 2.05) is 0 Å². The fourth-order valence-corrected chi connectivity index (χ4v) is 3.40. The summed E-state index contributed by atoms with van der Waals surface area (Å²) in [7, 11) is 0. The Kier molecular flexibility index (Phi) is 4.25. The second kappa shape index (κ2) is 5.72. The average Bonchev–Trinajstić information content (AvgIpc) is 2.63. The summed E-state index contributed by atoms with van der Waals surface area (Å²) in [5, 5.41) is 2.83. The first-order valence-electron chi connectivity index (χ1n) is 7.14. The number of amides is 1. The second-order valence-corrected chi connectivity index (χ2v) is 5.56. The summed E-state index contributed by atoms with van der Waals surface area (Å²) < 4.78 is 5.12. The fraction of sp³-hybridized carbons (Fsp3) is 0.857. The van der Waals surface area contributed by atoms with Gasteiger partial charge in [-0.15, -0.1) is 0 Å². The van der Waals surface area contributed by atoms with E-state index in [0.717, 1.165) is 25.7 Å². The Hall–Kier alpha value is -1.06. The molecule has 2 rings (SSSR count). The Morgan fingerprint density at radius 3 is 2.50 bits per heavy atom. The van der Waals surface area contributed by atoms with Gasteiger partial charge in [-0.05, 0) is 19.8 Å². The first kappa shape index (κ1) is 13.4. The van der Waals surface area contributed by atoms with E-state index in [4.69, 9.17) is 4.74 Å². The van der Waals surface area contributed by atoms with E-state index in [9.17, 15) is 9.59 Å². The summed E-state index contributed by atoms with van der Waals surface area (Å²) in [6.45, 7) is 2.18. The Morgan fingerprint density at radius 1 is 1.28 bits per heavy atom. The molecule has 1 heterocycles. The van der Waals surface area contributed by atoms with E-state index in [1.165, 1.54) is 19.3 Å². The quantitative estimate of drug-likeness (QED) is 0.767. The van der Waals surface area contributed by atoms with E-state index in [-0.39, 0.29) is 17.3 Å². The van der Waals surface area contributed by atoms with Crippen LogP contribution in [0.2, 0.25) is 0 Å². The number of carbonyl (C=O) groups excluding carboxylic acids is 2. The molecular weight excluding hydrogens is 230 g/mol. The van der Waals surface area contributed by atoms with Gasteiger partial charge in [-0.25, -0.2) is 4.79 Å². The standard InChI is InChI=1S/C14H23NO3/c1-2-18-13(17)12-14(10-11(16)15-12)8-6-4-3-5-7-9-14/h12H,2-10H2,1H3,(H,15,16). The number of rotatable bonds is 2. The van der Waals surface area contributed by atoms with Crippen molar-refractivity contribution in [3.05, 3.63) is 0 Å². The van der Waals surface area contributed by atoms with Crippen LogP contribution in [0, 0.1) is 5.41 Å². The van der Waals surface area contributed by atoms with Crippen molar-refractivity contribution in [3.63, 3.8) is 0 Å². The molecule has 4 heteroatoms. The SMILES string of the molecule is CCOC(=O)C1NC(=O)CC12CCCCCCC2. The maximum absolute atomic E-state index is 12.0. The first-order chi connectivity index (χ1) is 8.68. The van der Waals surface area contributed by atoms with Gasteiger partial charge in [-0.3, -0.25) is 4.79 Å². The summed E-state index contributed by atoms with van der Waals surface area (Å²) in [5.74, 6) is -0.238. The minimum atomic E-state index is -0.414. The van der Waals surface area contributed by atoms with Gasteiger partial charge in [0.2, 0.25) is 5.91 Å². The normalized spacial score (nSPS) is 27.4. The number of hydrogen-bond donors (Lipinski definition) is 1. The zero-order valence-electron chi connectivity index (χ0n) is 11.2. The highest BCUT2D eigenvalue weighted by molar-refractivity contribution is 5.90. The fourth-order valence-electron chi connectivity index (χ4n) is 3.40. The third-order valence-electron chi connectivity index (χ3n) is 4.30. The lowest BCUT2D eigenvalue weighted by Crippen LogP contribution is -2.45. The van der Waals surface area contributed by atoms with Crippen molar-refractivity contribution >= 4 is 11.9 Å². The Morgan fingerprint density at radius 2 is 1.89 bits per heavy atom. The second-order valence-electron chi connectivity index (χ2n) is 5.56. The minimum Gasteiger partial charge on any atom is -0.464 e. The predicted molar refractivity (Wildman–Crippen MR) is 67.9 cm³/mol. The number of esters is 1. The molecular formula is C14H23NO3. The number of ether oxygens (including phenoxy) is 1. The summed E-state index contributed by atoms with van der Waals surface area (Å²) >= 11 is 0. The summed E-state index contributed by atoms with van der Waals surface area (Å²) in [5.41, 5.74) is -0.177. The molecule has 2 fully saturated rings. The Balaban J connectivity index is 2.14. The first-order valence-corrected chi connectivity index (χ1v) is 7.14. The Bertz CT molecular complexity index is 319. The van der Waals surface area contributed by atoms with Crippen LogP contribution >= 0.6 is 0 Å². The van der Waals surface area contributed by atoms with Crippen LogP contribution in [-0.2, 0) is 14.3 Å². The topological polar surface area (TPSA) is 55.4 Å². The van der Waals surface area contributed by atoms with Crippen LogP contribution in [0.15, 0.2) is 0 Å². The average molecular weight is 253 g/mol. The third-order valence-corrected chi connectivity index (χ3v) is 4.30. The minimum absolute atomic E-state index is 0.00799. The van der Waals surface area contributed by atoms with E-state index < -0.39 is 6.04 Å². The lowest BCUT2D eigenvalue weighted by Gasteiger charge is -2.34. The van der Waals surface area contributed by atoms with Crippen molar-refractivity contribution < 1.29 is 14.3 Å². The zero-order valence-corrected chi connectivity index (χ0v) is 11.2. The van der Waals surface area contributed by atoms with Crippen LogP contribution in [-0.4, -0.2) is 24.5 Å². The van der Waals surface area contributed by atoms with Crippen LogP contribution < -0.4 is 5.32 Å². The molecule has 0 aromatic heterocycles. The predicted octanol–water partition coefficient (Wildman–Crippen LogP) is 2.17. The smallest absolute Gasteiger partial charge is 0.329 e. The summed E-state index contributed by atoms with van der Waals surface area (Å²) in [6.07, 6.45) is 8.37. The molecule has 1 aliphatic heterocycles. The third kappa shape index (κ3) is 2.68. The molecule has 1 saturated heterocycles. The molecule has 18 heavy (non-hydrogen) atoms. The van der Waals surface area contributed by atoms with Gasteiger partial charge >= 0.3 is 5.97 Å². The van der Waals surface area contributed by atoms with Crippen molar-refractivity contribution in [1.29, 1.82) is 0 Å². The molecule has 4 nitrogen and oxygen atoms in total. The van der Waals surface area contributed by atoms with Gasteiger partial charge in [-0.2, -0.15) is 0 Å². The highest BCUT2D eigenvalue weighted by Gasteiger charge is 2.50. The highest BCUT2D eigenvalue weighted by Crippen LogP contribution is 2.43. The maximum Gasteiger partial charge on any atom is 0.329 e. The van der Waals surface area contributed by atoms with Crippen molar-refractivity contribution in [2.24, 2.45) is 5.41 Å². The molecule has 0 aromatic carbocycles. The van der Waals surface area contributed by atoms with Crippen LogP contribution in [0.3, 0.4) is 0 Å². The van der Waals surface area contributed by atoms with Crippen molar-refractivity contribution in [2.45, 2.75) is 64.3 Å². The van der Waals surface area contributed by atoms with Gasteiger partial charge in [0.15, 0.2) is 0 Å². The molecule has 1 spiro atoms. The molecule has 0 bridgehead atoms. The molecule has 1 unspecified atom stereocenters. The number of nitrogens with one attached hydrogen (secondary N) is 1. The molecule has 1 saturated carbocycles. The van der Waals surface area contributed by atoms with E-state index in [1.54, 1.807) is 6.92 Å². The molecule has 1 aliphatic carbocycles. The molecule has 102 valence electrons. The molecule has 1 atom stereocenters. The van der Waals surface area contributed by atoms with Gasteiger partial charge < -0.3 is 10.1 Å². The zero-order chi connectivity index (χ0) is 13.0. The molecule has 1 amide bonds. The van der Waals surface area contributed by atoms with Crippen LogP contribution in [0.1, 0.15) is 58.3 Å². The van der Waals surface area contributed by atoms with Gasteiger partial charge in [0.25, 0.3) is 0 Å². The van der Waals surface area contributed by atoms with Crippen LogP contribution in [0.25, 0.3) is 0 Å². The van der Waals surface area contributed by atoms with E-state index in [2.05, 4.69) is 5.32 Å². The van der Waals surface area contributed by atoms with Crippen LogP contribution in [0.5, 0.6) is 0 Å². The monoisotopic (exact) mass is 253 g/mol. The highest BCUT2D eigenvalue weighted by atomic mass is 16.5. The van der Waals surface area contributed by atoms with E-state index >= 15 is 0 Å². The van der Waals surface area contributed by atoms with Crippen molar-refractivity contribution in [3.8, 4) is 0 Å². The van der Waals surface area contributed by atoms with E-state index in [0.29, 0.717) is 13.0 Å². The van der Waals surface area contributed by atoms with Gasteiger partial charge in [-0.1, -0.05) is 32.1 Å². The largest absolute Gasteiger partial charge is 0.464 e. The lowest BCUT2D eigenvalue weighted by molar-refractivity contribution is -0.149. The van der Waals surface area contributed by atoms with Gasteiger partial charge in [0.05, 0.1) is 6.61 Å². The van der Waals surface area contributed by atoms with Gasteiger partial charge in [0, 0.05) is 11.8 Å².